The predicted octanol–water partition coefficient (Wildman–Crippen LogP) is 2.26. The maximum atomic E-state index is 14.1. The topological polar surface area (TPSA) is 98.2 Å². The van der Waals surface area contributed by atoms with Gasteiger partial charge in [0.15, 0.2) is 0 Å². The van der Waals surface area contributed by atoms with Crippen molar-refractivity contribution >= 4 is 45.5 Å². The van der Waals surface area contributed by atoms with Gasteiger partial charge in [0, 0.05) is 22.7 Å². The standard InChI is InChI=1S/C22H31BrN2O5S/c1-3-9-24(13-7-5-4-6-8-13)20(28)18-22-10-14(23)17(31-22)15(21(29)30)16(22)19(27)25(18)12(2)11-26/h3,12-18,26H,1,4-11H2,2H3,(H,29,30)/t12-,14?,15-,16+,17-,18?,22?/m1/s1. The van der Waals surface area contributed by atoms with Crippen molar-refractivity contribution in [2.45, 2.75) is 78.4 Å². The largest absolute Gasteiger partial charge is 0.481 e. The number of amides is 2. The Kier molecular flexibility index (Phi) is 6.49. The van der Waals surface area contributed by atoms with Crippen LogP contribution in [0.2, 0.25) is 0 Å². The van der Waals surface area contributed by atoms with Gasteiger partial charge in [0.05, 0.1) is 29.2 Å². The first-order valence-electron chi connectivity index (χ1n) is 11.2. The summed E-state index contributed by atoms with van der Waals surface area (Å²) in [6.45, 7) is 5.71. The van der Waals surface area contributed by atoms with Crippen molar-refractivity contribution in [1.29, 1.82) is 0 Å². The molecule has 1 spiro atoms. The van der Waals surface area contributed by atoms with Crippen LogP contribution in [-0.4, -0.2) is 83.9 Å². The number of fused-ring (bicyclic) bond motifs is 1. The lowest BCUT2D eigenvalue weighted by Crippen LogP contribution is -2.59. The van der Waals surface area contributed by atoms with E-state index in [0.29, 0.717) is 13.0 Å². The third-order valence-electron chi connectivity index (χ3n) is 7.61. The Morgan fingerprint density at radius 2 is 2.06 bits per heavy atom. The maximum Gasteiger partial charge on any atom is 0.308 e. The van der Waals surface area contributed by atoms with Crippen LogP contribution in [0.1, 0.15) is 45.4 Å². The second-order valence-electron chi connectivity index (χ2n) is 9.35. The second-order valence-corrected chi connectivity index (χ2v) is 12.1. The number of halogens is 1. The maximum absolute atomic E-state index is 14.1. The van der Waals surface area contributed by atoms with Gasteiger partial charge in [0.25, 0.3) is 0 Å². The number of nitrogens with zero attached hydrogens (tertiary/aromatic N) is 2. The van der Waals surface area contributed by atoms with Crippen LogP contribution in [0, 0.1) is 11.8 Å². The lowest BCUT2D eigenvalue weighted by atomic mass is 9.71. The van der Waals surface area contributed by atoms with Crippen LogP contribution in [0.4, 0.5) is 0 Å². The van der Waals surface area contributed by atoms with Crippen molar-refractivity contribution in [3.63, 3.8) is 0 Å². The molecule has 7 atom stereocenters. The van der Waals surface area contributed by atoms with Crippen LogP contribution in [0.25, 0.3) is 0 Å². The summed E-state index contributed by atoms with van der Waals surface area (Å²) in [7, 11) is 0. The van der Waals surface area contributed by atoms with E-state index in [1.54, 1.807) is 13.0 Å². The highest BCUT2D eigenvalue weighted by molar-refractivity contribution is 9.09. The van der Waals surface area contributed by atoms with Crippen molar-refractivity contribution in [3.8, 4) is 0 Å². The van der Waals surface area contributed by atoms with E-state index >= 15 is 0 Å². The molecule has 0 aromatic rings. The summed E-state index contributed by atoms with van der Waals surface area (Å²) < 4.78 is -0.784. The van der Waals surface area contributed by atoms with Gasteiger partial charge >= 0.3 is 5.97 Å². The minimum Gasteiger partial charge on any atom is -0.481 e. The van der Waals surface area contributed by atoms with E-state index in [0.717, 1.165) is 32.1 Å². The third kappa shape index (κ3) is 3.46. The number of rotatable bonds is 7. The van der Waals surface area contributed by atoms with Crippen molar-refractivity contribution < 1.29 is 24.6 Å². The first kappa shape index (κ1) is 23.1. The van der Waals surface area contributed by atoms with Crippen LogP contribution in [0.5, 0.6) is 0 Å². The minimum absolute atomic E-state index is 0.0649. The molecule has 31 heavy (non-hydrogen) atoms. The molecule has 172 valence electrons. The van der Waals surface area contributed by atoms with Crippen LogP contribution in [0.3, 0.4) is 0 Å². The summed E-state index contributed by atoms with van der Waals surface area (Å²) >= 11 is 5.15. The molecular formula is C22H31BrN2O5S. The number of aliphatic hydroxyl groups is 1. The zero-order valence-corrected chi connectivity index (χ0v) is 20.2. The van der Waals surface area contributed by atoms with Gasteiger partial charge in [0.2, 0.25) is 11.8 Å². The fourth-order valence-corrected chi connectivity index (χ4v) is 9.89. The summed E-state index contributed by atoms with van der Waals surface area (Å²) in [4.78, 5) is 43.2. The first-order chi connectivity index (χ1) is 14.8. The number of carbonyl (C=O) groups is 3. The molecule has 9 heteroatoms. The Hall–Kier alpha value is -1.06. The van der Waals surface area contributed by atoms with Crippen molar-refractivity contribution in [1.82, 2.24) is 9.80 Å². The molecule has 1 aliphatic carbocycles. The number of alkyl halides is 1. The molecular weight excluding hydrogens is 484 g/mol. The quantitative estimate of drug-likeness (QED) is 0.399. The van der Waals surface area contributed by atoms with Gasteiger partial charge in [-0.25, -0.2) is 0 Å². The SMILES string of the molecule is C=CCN(C(=O)C1N([C@H](C)CO)C(=O)[C@@H]2[C@@H](C(=O)O)[C@@H]3SC12CC3Br)C1CCCCC1. The average Bonchev–Trinajstić information content (AvgIpc) is 3.35. The second kappa shape index (κ2) is 8.71. The number of hydrogen-bond acceptors (Lipinski definition) is 5. The van der Waals surface area contributed by atoms with Gasteiger partial charge in [-0.1, -0.05) is 41.3 Å². The molecule has 3 aliphatic heterocycles. The number of carboxylic acid groups (broad SMARTS) is 1. The Bertz CT molecular complexity index is 775. The fourth-order valence-electron chi connectivity index (χ4n) is 6.30. The summed E-state index contributed by atoms with van der Waals surface area (Å²) in [5.74, 6) is -2.98. The lowest BCUT2D eigenvalue weighted by molar-refractivity contribution is -0.149. The number of thioether (sulfide) groups is 1. The average molecular weight is 515 g/mol. The molecule has 7 nitrogen and oxygen atoms in total. The molecule has 2 amide bonds. The Labute approximate surface area is 195 Å². The third-order valence-corrected chi connectivity index (χ3v) is 10.8. The van der Waals surface area contributed by atoms with E-state index in [-0.39, 0.29) is 34.5 Å². The number of hydrogen-bond donors (Lipinski definition) is 2. The molecule has 4 fully saturated rings. The first-order valence-corrected chi connectivity index (χ1v) is 13.0. The Morgan fingerprint density at radius 3 is 2.65 bits per heavy atom. The van der Waals surface area contributed by atoms with Crippen molar-refractivity contribution in [2.24, 2.45) is 11.8 Å². The zero-order valence-electron chi connectivity index (χ0n) is 17.8. The van der Waals surface area contributed by atoms with E-state index in [9.17, 15) is 24.6 Å². The molecule has 1 saturated carbocycles. The van der Waals surface area contributed by atoms with Gasteiger partial charge < -0.3 is 20.0 Å². The molecule has 2 bridgehead atoms. The van der Waals surface area contributed by atoms with E-state index in [2.05, 4.69) is 22.5 Å². The highest BCUT2D eigenvalue weighted by Gasteiger charge is 2.76. The summed E-state index contributed by atoms with van der Waals surface area (Å²) in [5, 5.41) is 19.6. The minimum atomic E-state index is -0.984. The molecule has 0 radical (unpaired) electrons. The van der Waals surface area contributed by atoms with Gasteiger partial charge in [-0.15, -0.1) is 18.3 Å². The van der Waals surface area contributed by atoms with Gasteiger partial charge in [0.1, 0.15) is 6.04 Å². The van der Waals surface area contributed by atoms with Crippen LogP contribution in [-0.2, 0) is 14.4 Å². The van der Waals surface area contributed by atoms with E-state index in [4.69, 9.17) is 0 Å². The van der Waals surface area contributed by atoms with E-state index < -0.39 is 34.6 Å². The normalized spacial score (nSPS) is 38.2. The van der Waals surface area contributed by atoms with Gasteiger partial charge in [-0.3, -0.25) is 14.4 Å². The summed E-state index contributed by atoms with van der Waals surface area (Å²) in [5.41, 5.74) is 0. The summed E-state index contributed by atoms with van der Waals surface area (Å²) in [6, 6.07) is -1.22. The van der Waals surface area contributed by atoms with Gasteiger partial charge in [-0.2, -0.15) is 0 Å². The molecule has 3 unspecified atom stereocenters. The summed E-state index contributed by atoms with van der Waals surface area (Å²) in [6.07, 6.45) is 7.46. The lowest BCUT2D eigenvalue weighted by Gasteiger charge is -2.42. The molecule has 0 aromatic carbocycles. The number of aliphatic hydroxyl groups excluding tert-OH is 1. The number of aliphatic carboxylic acids is 1. The highest BCUT2D eigenvalue weighted by Crippen LogP contribution is 2.68. The van der Waals surface area contributed by atoms with Gasteiger partial charge in [-0.05, 0) is 26.2 Å². The van der Waals surface area contributed by atoms with Crippen molar-refractivity contribution in [3.05, 3.63) is 12.7 Å². The van der Waals surface area contributed by atoms with E-state index in [1.165, 1.54) is 16.7 Å². The van der Waals surface area contributed by atoms with Crippen molar-refractivity contribution in [2.75, 3.05) is 13.2 Å². The number of likely N-dealkylation sites (tertiary alicyclic amines) is 1. The monoisotopic (exact) mass is 514 g/mol. The molecule has 3 saturated heterocycles. The van der Waals surface area contributed by atoms with Crippen LogP contribution >= 0.6 is 27.7 Å². The molecule has 4 aliphatic rings. The highest BCUT2D eigenvalue weighted by atomic mass is 79.9. The smallest absolute Gasteiger partial charge is 0.308 e. The Morgan fingerprint density at radius 1 is 1.39 bits per heavy atom. The predicted molar refractivity (Wildman–Crippen MR) is 122 cm³/mol. The van der Waals surface area contributed by atoms with E-state index in [1.807, 2.05) is 4.90 Å². The molecule has 2 N–H and O–H groups in total. The number of carbonyl (C=O) groups excluding carboxylic acids is 2. The molecule has 3 heterocycles. The fraction of sp³-hybridized carbons (Fsp3) is 0.773. The zero-order chi connectivity index (χ0) is 22.5. The number of carboxylic acids is 1. The molecule has 4 rings (SSSR count). The van der Waals surface area contributed by atoms with Crippen LogP contribution in [0.15, 0.2) is 12.7 Å². The Balaban J connectivity index is 1.77. The molecule has 0 aromatic heterocycles. The van der Waals surface area contributed by atoms with Crippen LogP contribution < -0.4 is 0 Å².